The molecule has 1 aliphatic heterocycles. The molecule has 0 aromatic heterocycles. The van der Waals surface area contributed by atoms with E-state index in [4.69, 9.17) is 10.00 Å². The van der Waals surface area contributed by atoms with Crippen molar-refractivity contribution in [3.63, 3.8) is 0 Å². The monoisotopic (exact) mass is 221 g/mol. The van der Waals surface area contributed by atoms with E-state index in [1.807, 2.05) is 18.2 Å². The highest BCUT2D eigenvalue weighted by molar-refractivity contribution is 8.00. The number of ether oxygens (including phenoxy) is 1. The predicted octanol–water partition coefficient (Wildman–Crippen LogP) is 2.45. The lowest BCUT2D eigenvalue weighted by Gasteiger charge is -1.96. The Bertz CT molecular complexity index is 453. The van der Waals surface area contributed by atoms with Crippen molar-refractivity contribution >= 4 is 17.4 Å². The molecule has 5 heteroatoms. The van der Waals surface area contributed by atoms with Crippen molar-refractivity contribution in [2.75, 3.05) is 7.11 Å². The molecule has 1 heterocycles. The molecule has 0 aliphatic carbocycles. The lowest BCUT2D eigenvalue weighted by atomic mass is 10.3. The van der Waals surface area contributed by atoms with Crippen LogP contribution in [-0.4, -0.2) is 17.2 Å². The molecule has 0 N–H and O–H groups in total. The van der Waals surface area contributed by atoms with Gasteiger partial charge in [-0.2, -0.15) is 5.26 Å². The second-order valence-corrected chi connectivity index (χ2v) is 4.31. The van der Waals surface area contributed by atoms with Gasteiger partial charge in [-0.1, -0.05) is 0 Å². The first kappa shape index (κ1) is 9.99. The summed E-state index contributed by atoms with van der Waals surface area (Å²) in [5.41, 5.74) is 0.597. The highest BCUT2D eigenvalue weighted by Crippen LogP contribution is 2.44. The Morgan fingerprint density at radius 3 is 3.13 bits per heavy atom. The first-order chi connectivity index (χ1) is 7.26. The molecule has 0 radical (unpaired) electrons. The largest absolute Gasteiger partial charge is 0.497 e. The lowest BCUT2D eigenvalue weighted by molar-refractivity contribution is -0.474. The van der Waals surface area contributed by atoms with Gasteiger partial charge in [-0.3, -0.25) is 0 Å². The Hall–Kier alpha value is -1.54. The summed E-state index contributed by atoms with van der Waals surface area (Å²) in [4.78, 5) is 12.7. The van der Waals surface area contributed by atoms with Crippen LogP contribution in [0.25, 0.3) is 0 Å². The van der Waals surface area contributed by atoms with Crippen LogP contribution in [0.5, 0.6) is 5.75 Å². The lowest BCUT2D eigenvalue weighted by Crippen LogP contribution is -2.09. The molecule has 2 rings (SSSR count). The maximum absolute atomic E-state index is 11.7. The normalized spacial score (nSPS) is 18.4. The van der Waals surface area contributed by atoms with Gasteiger partial charge in [0.15, 0.2) is 0 Å². The van der Waals surface area contributed by atoms with E-state index >= 15 is 0 Å². The number of thioether (sulfide) groups is 1. The van der Waals surface area contributed by atoms with Crippen molar-refractivity contribution in [2.45, 2.75) is 16.7 Å². The quantitative estimate of drug-likeness (QED) is 0.720. The number of benzene rings is 1. The SMILES string of the molecule is COc1ccc2c(c1)[N+](=O)C(CC#N)S2. The van der Waals surface area contributed by atoms with Gasteiger partial charge < -0.3 is 4.74 Å². The maximum Gasteiger partial charge on any atom is 0.274 e. The molecule has 0 saturated heterocycles. The second kappa shape index (κ2) is 3.91. The number of hydrogen-bond donors (Lipinski definition) is 0. The summed E-state index contributed by atoms with van der Waals surface area (Å²) in [6.45, 7) is 0. The van der Waals surface area contributed by atoms with E-state index in [2.05, 4.69) is 0 Å². The highest BCUT2D eigenvalue weighted by atomic mass is 32.2. The van der Waals surface area contributed by atoms with Crippen LogP contribution >= 0.6 is 11.8 Å². The number of methoxy groups -OCH3 is 1. The zero-order valence-corrected chi connectivity index (χ0v) is 8.95. The molecule has 1 aliphatic rings. The second-order valence-electron chi connectivity index (χ2n) is 3.09. The zero-order valence-electron chi connectivity index (χ0n) is 8.14. The minimum atomic E-state index is -0.322. The standard InChI is InChI=1S/C10H9N2O2S/c1-14-7-2-3-9-8(6-7)12(13)10(15-9)4-5-11/h2-3,6,10H,4H2,1H3/q+1. The van der Waals surface area contributed by atoms with Crippen molar-refractivity contribution in [1.82, 2.24) is 0 Å². The summed E-state index contributed by atoms with van der Waals surface area (Å²) in [6, 6.07) is 7.37. The average Bonchev–Trinajstić information content (AvgIpc) is 2.56. The minimum Gasteiger partial charge on any atom is -0.497 e. The first-order valence-corrected chi connectivity index (χ1v) is 5.32. The molecule has 1 unspecified atom stereocenters. The Labute approximate surface area is 91.4 Å². The van der Waals surface area contributed by atoms with Crippen molar-refractivity contribution in [3.8, 4) is 11.8 Å². The van der Waals surface area contributed by atoms with Crippen LogP contribution in [0, 0.1) is 16.2 Å². The van der Waals surface area contributed by atoms with Crippen molar-refractivity contribution < 1.29 is 9.50 Å². The molecule has 0 saturated carbocycles. The third kappa shape index (κ3) is 1.68. The third-order valence-electron chi connectivity index (χ3n) is 2.19. The molecule has 1 aromatic carbocycles. The Morgan fingerprint density at radius 1 is 1.67 bits per heavy atom. The molecule has 0 fully saturated rings. The fourth-order valence-corrected chi connectivity index (χ4v) is 2.52. The van der Waals surface area contributed by atoms with Crippen molar-refractivity contribution in [2.24, 2.45) is 0 Å². The third-order valence-corrected chi connectivity index (χ3v) is 3.42. The van der Waals surface area contributed by atoms with Crippen LogP contribution < -0.4 is 4.74 Å². The Balaban J connectivity index is 2.34. The van der Waals surface area contributed by atoms with Crippen LogP contribution in [0.15, 0.2) is 23.1 Å². The number of nitriles is 1. The number of nitrogens with zero attached hydrogens (tertiary/aromatic N) is 2. The van der Waals surface area contributed by atoms with Gasteiger partial charge in [-0.05, 0) is 23.9 Å². The predicted molar refractivity (Wildman–Crippen MR) is 56.2 cm³/mol. The van der Waals surface area contributed by atoms with Gasteiger partial charge in [-0.15, -0.1) is 0 Å². The van der Waals surface area contributed by atoms with Gasteiger partial charge in [-0.25, -0.2) is 0 Å². The summed E-state index contributed by atoms with van der Waals surface area (Å²) in [7, 11) is 1.56. The van der Waals surface area contributed by atoms with Crippen molar-refractivity contribution in [3.05, 3.63) is 23.1 Å². The molecular weight excluding hydrogens is 212 g/mol. The minimum absolute atomic E-state index is 0.227. The number of rotatable bonds is 2. The summed E-state index contributed by atoms with van der Waals surface area (Å²) in [6.07, 6.45) is 0.227. The van der Waals surface area contributed by atoms with Crippen LogP contribution in [-0.2, 0) is 0 Å². The van der Waals surface area contributed by atoms with E-state index in [0.717, 1.165) is 9.66 Å². The summed E-state index contributed by atoms with van der Waals surface area (Å²) in [5.74, 6) is 0.660. The first-order valence-electron chi connectivity index (χ1n) is 4.44. The molecular formula is C10H9N2O2S+. The van der Waals surface area contributed by atoms with Crippen LogP contribution in [0.4, 0.5) is 5.69 Å². The number of hydrogen-bond acceptors (Lipinski definition) is 4. The van der Waals surface area contributed by atoms with Crippen molar-refractivity contribution in [1.29, 1.82) is 5.26 Å². The Kier molecular flexibility index (Phi) is 2.60. The molecule has 1 aromatic rings. The van der Waals surface area contributed by atoms with Gasteiger partial charge >= 0.3 is 0 Å². The van der Waals surface area contributed by atoms with Gasteiger partial charge in [0.05, 0.1) is 28.9 Å². The fourth-order valence-electron chi connectivity index (χ4n) is 1.45. The number of nitroso groups, excluding NO2 is 1. The van der Waals surface area contributed by atoms with Crippen LogP contribution in [0.1, 0.15) is 6.42 Å². The summed E-state index contributed by atoms with van der Waals surface area (Å²) in [5, 5.41) is 8.25. The smallest absolute Gasteiger partial charge is 0.274 e. The molecule has 0 bridgehead atoms. The maximum atomic E-state index is 11.7. The molecule has 76 valence electrons. The van der Waals surface area contributed by atoms with Gasteiger partial charge in [0, 0.05) is 4.91 Å². The fraction of sp³-hybridized carbons (Fsp3) is 0.300. The molecule has 4 nitrogen and oxygen atoms in total. The van der Waals surface area contributed by atoms with E-state index in [1.165, 1.54) is 11.8 Å². The van der Waals surface area contributed by atoms with E-state index < -0.39 is 0 Å². The van der Waals surface area contributed by atoms with E-state index in [1.54, 1.807) is 13.2 Å². The summed E-state index contributed by atoms with van der Waals surface area (Å²) >= 11 is 1.42. The summed E-state index contributed by atoms with van der Waals surface area (Å²) < 4.78 is 5.92. The zero-order chi connectivity index (χ0) is 10.8. The Morgan fingerprint density at radius 2 is 2.47 bits per heavy atom. The molecule has 0 spiro atoms. The van der Waals surface area contributed by atoms with E-state index in [0.29, 0.717) is 11.4 Å². The van der Waals surface area contributed by atoms with E-state index in [9.17, 15) is 4.91 Å². The van der Waals surface area contributed by atoms with Gasteiger partial charge in [0.25, 0.3) is 11.1 Å². The van der Waals surface area contributed by atoms with E-state index in [-0.39, 0.29) is 11.8 Å². The highest BCUT2D eigenvalue weighted by Gasteiger charge is 2.39. The molecule has 15 heavy (non-hydrogen) atoms. The number of fused-ring (bicyclic) bond motifs is 1. The average molecular weight is 221 g/mol. The molecule has 0 amide bonds. The van der Waals surface area contributed by atoms with Crippen LogP contribution in [0.2, 0.25) is 0 Å². The van der Waals surface area contributed by atoms with Crippen LogP contribution in [0.3, 0.4) is 0 Å². The van der Waals surface area contributed by atoms with Gasteiger partial charge in [0.2, 0.25) is 0 Å². The molecule has 1 atom stereocenters. The van der Waals surface area contributed by atoms with Gasteiger partial charge in [0.1, 0.15) is 12.2 Å². The topological polar surface area (TPSA) is 53.1 Å².